The Bertz CT molecular complexity index is 478. The number of benzene rings is 1. The summed E-state index contributed by atoms with van der Waals surface area (Å²) in [5, 5.41) is 0. The summed E-state index contributed by atoms with van der Waals surface area (Å²) in [6.07, 6.45) is 5.18. The van der Waals surface area contributed by atoms with E-state index in [1.54, 1.807) is 0 Å². The lowest BCUT2D eigenvalue weighted by Crippen LogP contribution is -2.43. The smallest absolute Gasteiger partial charge is 0.161 e. The van der Waals surface area contributed by atoms with Crippen LogP contribution in [0.1, 0.15) is 44.2 Å². The Kier molecular flexibility index (Phi) is 4.66. The van der Waals surface area contributed by atoms with Crippen LogP contribution >= 0.6 is 0 Å². The minimum Gasteiger partial charge on any atom is -0.486 e. The highest BCUT2D eigenvalue weighted by Crippen LogP contribution is 2.32. The molecule has 3 rings (SSSR count). The van der Waals surface area contributed by atoms with Crippen molar-refractivity contribution < 1.29 is 9.47 Å². The van der Waals surface area contributed by atoms with Gasteiger partial charge in [0.1, 0.15) is 13.2 Å². The van der Waals surface area contributed by atoms with Crippen LogP contribution in [0, 0.1) is 0 Å². The molecule has 0 aromatic heterocycles. The summed E-state index contributed by atoms with van der Waals surface area (Å²) in [6, 6.07) is 6.83. The fourth-order valence-electron chi connectivity index (χ4n) is 3.41. The minimum atomic E-state index is 0.0352. The van der Waals surface area contributed by atoms with Gasteiger partial charge in [0.05, 0.1) is 0 Å². The number of hydrogen-bond acceptors (Lipinski definition) is 4. The zero-order chi connectivity index (χ0) is 14.7. The molecule has 0 aliphatic carbocycles. The zero-order valence-electron chi connectivity index (χ0n) is 12.9. The standard InChI is InChI=1S/C17H26N2O2/c1-2-14-5-3-4-8-19(14)12-15(18)13-6-7-16-17(11-13)21-10-9-20-16/h6-7,11,14-15H,2-5,8-10,12,18H2,1H3. The molecule has 2 heterocycles. The topological polar surface area (TPSA) is 47.7 Å². The number of ether oxygens (including phenoxy) is 2. The normalized spacial score (nSPS) is 23.8. The lowest BCUT2D eigenvalue weighted by atomic mass is 9.98. The summed E-state index contributed by atoms with van der Waals surface area (Å²) in [5.74, 6) is 1.67. The molecule has 0 radical (unpaired) electrons. The van der Waals surface area contributed by atoms with E-state index in [1.165, 1.54) is 32.2 Å². The molecule has 4 nitrogen and oxygen atoms in total. The van der Waals surface area contributed by atoms with E-state index in [9.17, 15) is 0 Å². The fourth-order valence-corrected chi connectivity index (χ4v) is 3.41. The van der Waals surface area contributed by atoms with Crippen LogP contribution in [0.25, 0.3) is 0 Å². The summed E-state index contributed by atoms with van der Waals surface area (Å²) in [4.78, 5) is 2.56. The third kappa shape index (κ3) is 3.33. The Balaban J connectivity index is 1.68. The molecule has 0 saturated carbocycles. The predicted octanol–water partition coefficient (Wildman–Crippen LogP) is 2.72. The van der Waals surface area contributed by atoms with Gasteiger partial charge in [-0.3, -0.25) is 4.90 Å². The van der Waals surface area contributed by atoms with Crippen molar-refractivity contribution in [2.75, 3.05) is 26.3 Å². The monoisotopic (exact) mass is 290 g/mol. The highest BCUT2D eigenvalue weighted by molar-refractivity contribution is 5.44. The Morgan fingerprint density at radius 1 is 1.24 bits per heavy atom. The molecule has 2 unspecified atom stereocenters. The van der Waals surface area contributed by atoms with Gasteiger partial charge in [-0.05, 0) is 43.5 Å². The van der Waals surface area contributed by atoms with Crippen LogP contribution in [-0.2, 0) is 0 Å². The van der Waals surface area contributed by atoms with Gasteiger partial charge in [-0.1, -0.05) is 19.4 Å². The van der Waals surface area contributed by atoms with Gasteiger partial charge >= 0.3 is 0 Å². The van der Waals surface area contributed by atoms with Crippen molar-refractivity contribution in [3.8, 4) is 11.5 Å². The lowest BCUT2D eigenvalue weighted by Gasteiger charge is -2.37. The van der Waals surface area contributed by atoms with Crippen LogP contribution in [0.3, 0.4) is 0 Å². The van der Waals surface area contributed by atoms with Crippen LogP contribution < -0.4 is 15.2 Å². The highest BCUT2D eigenvalue weighted by Gasteiger charge is 2.23. The van der Waals surface area contributed by atoms with Crippen LogP contribution in [0.15, 0.2) is 18.2 Å². The summed E-state index contributed by atoms with van der Waals surface area (Å²) >= 11 is 0. The van der Waals surface area contributed by atoms with E-state index in [0.29, 0.717) is 19.3 Å². The first kappa shape index (κ1) is 14.7. The van der Waals surface area contributed by atoms with Crippen molar-refractivity contribution in [2.24, 2.45) is 5.73 Å². The molecule has 21 heavy (non-hydrogen) atoms. The Labute approximate surface area is 127 Å². The first-order valence-corrected chi connectivity index (χ1v) is 8.17. The SMILES string of the molecule is CCC1CCCCN1CC(N)c1ccc2c(c1)OCCO2. The van der Waals surface area contributed by atoms with Gasteiger partial charge in [-0.25, -0.2) is 0 Å². The van der Waals surface area contributed by atoms with E-state index in [-0.39, 0.29) is 6.04 Å². The number of hydrogen-bond donors (Lipinski definition) is 1. The Morgan fingerprint density at radius 3 is 2.86 bits per heavy atom. The Hall–Kier alpha value is -1.26. The van der Waals surface area contributed by atoms with E-state index in [1.807, 2.05) is 12.1 Å². The van der Waals surface area contributed by atoms with Crippen molar-refractivity contribution in [1.29, 1.82) is 0 Å². The molecule has 2 aliphatic rings. The van der Waals surface area contributed by atoms with E-state index in [0.717, 1.165) is 23.6 Å². The van der Waals surface area contributed by atoms with Crippen molar-refractivity contribution in [3.63, 3.8) is 0 Å². The largest absolute Gasteiger partial charge is 0.486 e. The number of nitrogens with zero attached hydrogens (tertiary/aromatic N) is 1. The zero-order valence-corrected chi connectivity index (χ0v) is 12.9. The van der Waals surface area contributed by atoms with Gasteiger partial charge in [0, 0.05) is 18.6 Å². The maximum absolute atomic E-state index is 6.44. The van der Waals surface area contributed by atoms with Crippen LogP contribution in [-0.4, -0.2) is 37.2 Å². The predicted molar refractivity (Wildman–Crippen MR) is 83.9 cm³/mol. The van der Waals surface area contributed by atoms with Crippen molar-refractivity contribution in [2.45, 2.75) is 44.7 Å². The molecule has 0 bridgehead atoms. The number of piperidine rings is 1. The van der Waals surface area contributed by atoms with Crippen molar-refractivity contribution >= 4 is 0 Å². The maximum atomic E-state index is 6.44. The molecule has 1 aromatic rings. The molecule has 0 spiro atoms. The van der Waals surface area contributed by atoms with Crippen molar-refractivity contribution in [1.82, 2.24) is 4.90 Å². The Morgan fingerprint density at radius 2 is 2.05 bits per heavy atom. The van der Waals surface area contributed by atoms with Gasteiger partial charge in [0.2, 0.25) is 0 Å². The molecular weight excluding hydrogens is 264 g/mol. The second-order valence-electron chi connectivity index (χ2n) is 6.06. The van der Waals surface area contributed by atoms with E-state index >= 15 is 0 Å². The molecule has 1 saturated heterocycles. The number of fused-ring (bicyclic) bond motifs is 1. The molecule has 1 aromatic carbocycles. The van der Waals surface area contributed by atoms with Gasteiger partial charge in [-0.15, -0.1) is 0 Å². The maximum Gasteiger partial charge on any atom is 0.161 e. The average molecular weight is 290 g/mol. The van der Waals surface area contributed by atoms with Crippen LogP contribution in [0.2, 0.25) is 0 Å². The number of rotatable bonds is 4. The highest BCUT2D eigenvalue weighted by atomic mass is 16.6. The van der Waals surface area contributed by atoms with Gasteiger partial charge < -0.3 is 15.2 Å². The summed E-state index contributed by atoms with van der Waals surface area (Å²) in [5.41, 5.74) is 7.58. The summed E-state index contributed by atoms with van der Waals surface area (Å²) < 4.78 is 11.2. The van der Waals surface area contributed by atoms with Crippen molar-refractivity contribution in [3.05, 3.63) is 23.8 Å². The summed E-state index contributed by atoms with van der Waals surface area (Å²) in [6.45, 7) is 5.63. The first-order valence-electron chi connectivity index (χ1n) is 8.17. The second kappa shape index (κ2) is 6.67. The third-order valence-electron chi connectivity index (χ3n) is 4.65. The van der Waals surface area contributed by atoms with E-state index < -0.39 is 0 Å². The van der Waals surface area contributed by atoms with E-state index in [4.69, 9.17) is 15.2 Å². The first-order chi connectivity index (χ1) is 10.3. The third-order valence-corrected chi connectivity index (χ3v) is 4.65. The fraction of sp³-hybridized carbons (Fsp3) is 0.647. The second-order valence-corrected chi connectivity index (χ2v) is 6.06. The molecule has 2 atom stereocenters. The average Bonchev–Trinajstić information content (AvgIpc) is 2.55. The lowest BCUT2D eigenvalue weighted by molar-refractivity contribution is 0.135. The van der Waals surface area contributed by atoms with Crippen LogP contribution in [0.5, 0.6) is 11.5 Å². The minimum absolute atomic E-state index is 0.0352. The molecule has 2 aliphatic heterocycles. The quantitative estimate of drug-likeness (QED) is 0.926. The van der Waals surface area contributed by atoms with Gasteiger partial charge in [0.15, 0.2) is 11.5 Å². The molecular formula is C17H26N2O2. The molecule has 116 valence electrons. The van der Waals surface area contributed by atoms with E-state index in [2.05, 4.69) is 17.9 Å². The summed E-state index contributed by atoms with van der Waals surface area (Å²) in [7, 11) is 0. The number of likely N-dealkylation sites (tertiary alicyclic amines) is 1. The van der Waals surface area contributed by atoms with Gasteiger partial charge in [0.25, 0.3) is 0 Å². The van der Waals surface area contributed by atoms with Gasteiger partial charge in [-0.2, -0.15) is 0 Å². The number of nitrogens with two attached hydrogens (primary N) is 1. The molecule has 0 amide bonds. The molecule has 2 N–H and O–H groups in total. The molecule has 4 heteroatoms. The molecule has 1 fully saturated rings. The van der Waals surface area contributed by atoms with Crippen LogP contribution in [0.4, 0.5) is 0 Å².